The van der Waals surface area contributed by atoms with Crippen molar-refractivity contribution in [2.75, 3.05) is 5.32 Å². The number of hydrogen-bond acceptors (Lipinski definition) is 6. The van der Waals surface area contributed by atoms with Crippen LogP contribution in [0.2, 0.25) is 5.02 Å². The summed E-state index contributed by atoms with van der Waals surface area (Å²) in [7, 11) is 0. The highest BCUT2D eigenvalue weighted by atomic mass is 35.5. The first kappa shape index (κ1) is 21.5. The van der Waals surface area contributed by atoms with Crippen molar-refractivity contribution in [2.45, 2.75) is 24.1 Å². The van der Waals surface area contributed by atoms with E-state index in [2.05, 4.69) is 45.4 Å². The van der Waals surface area contributed by atoms with Gasteiger partial charge in [0.2, 0.25) is 5.91 Å². The Morgan fingerprint density at radius 2 is 1.91 bits per heavy atom. The number of rotatable bonds is 6. The summed E-state index contributed by atoms with van der Waals surface area (Å²) < 4.78 is 3.97. The highest BCUT2D eigenvalue weighted by Gasteiger charge is 2.24. The van der Waals surface area contributed by atoms with Crippen LogP contribution in [0.4, 0.5) is 5.13 Å². The molecule has 0 saturated carbocycles. The third-order valence-electron chi connectivity index (χ3n) is 5.86. The van der Waals surface area contributed by atoms with Crippen LogP contribution in [-0.2, 0) is 11.2 Å². The minimum absolute atomic E-state index is 0.0872. The quantitative estimate of drug-likeness (QED) is 0.231. The van der Waals surface area contributed by atoms with Crippen LogP contribution in [0.15, 0.2) is 66.7 Å². The zero-order valence-corrected chi connectivity index (χ0v) is 20.3. The zero-order valence-electron chi connectivity index (χ0n) is 17.9. The van der Waals surface area contributed by atoms with E-state index in [0.717, 1.165) is 44.2 Å². The van der Waals surface area contributed by atoms with Gasteiger partial charge in [-0.05, 0) is 59.8 Å². The number of nitrogens with one attached hydrogen (secondary N) is 3. The van der Waals surface area contributed by atoms with E-state index in [9.17, 15) is 4.79 Å². The van der Waals surface area contributed by atoms with Gasteiger partial charge in [-0.25, -0.2) is 9.97 Å². The number of para-hydroxylation sites is 1. The third kappa shape index (κ3) is 4.36. The monoisotopic (exact) mass is 505 g/mol. The van der Waals surface area contributed by atoms with Crippen molar-refractivity contribution in [3.8, 4) is 0 Å². The molecule has 0 aliphatic carbocycles. The molecule has 0 bridgehead atoms. The van der Waals surface area contributed by atoms with E-state index in [1.54, 1.807) is 11.3 Å². The number of anilines is 1. The molecule has 6 rings (SSSR count). The Kier molecular flexibility index (Phi) is 5.64. The van der Waals surface area contributed by atoms with Gasteiger partial charge in [-0.3, -0.25) is 9.52 Å². The maximum atomic E-state index is 11.6. The fourth-order valence-electron chi connectivity index (χ4n) is 4.14. The lowest BCUT2D eigenvalue weighted by molar-refractivity contribution is -0.118. The van der Waals surface area contributed by atoms with Crippen LogP contribution in [-0.4, -0.2) is 20.9 Å². The molecule has 5 aromatic rings. The maximum Gasteiger partial charge on any atom is 0.231 e. The zero-order chi connectivity index (χ0) is 23.1. The molecule has 170 valence electrons. The summed E-state index contributed by atoms with van der Waals surface area (Å²) in [6, 6.07) is 22.2. The molecule has 1 aliphatic rings. The Morgan fingerprint density at radius 3 is 2.71 bits per heavy atom. The van der Waals surface area contributed by atoms with E-state index < -0.39 is 0 Å². The van der Waals surface area contributed by atoms with Crippen molar-refractivity contribution in [1.82, 2.24) is 19.7 Å². The number of aromatic nitrogens is 3. The van der Waals surface area contributed by atoms with Crippen LogP contribution in [0.1, 0.15) is 34.7 Å². The van der Waals surface area contributed by atoms with Crippen molar-refractivity contribution in [3.05, 3.63) is 88.7 Å². The molecular weight excluding hydrogens is 486 g/mol. The van der Waals surface area contributed by atoms with Gasteiger partial charge in [0.05, 0.1) is 32.5 Å². The molecule has 3 aromatic carbocycles. The fourth-order valence-corrected chi connectivity index (χ4v) is 6.12. The molecule has 34 heavy (non-hydrogen) atoms. The lowest BCUT2D eigenvalue weighted by Gasteiger charge is -2.17. The number of hydrogen-bond donors (Lipinski definition) is 3. The van der Waals surface area contributed by atoms with Crippen LogP contribution in [0.25, 0.3) is 21.3 Å². The summed E-state index contributed by atoms with van der Waals surface area (Å²) >= 11 is 9.31. The molecule has 1 saturated heterocycles. The number of imidazole rings is 1. The van der Waals surface area contributed by atoms with Crippen LogP contribution < -0.4 is 10.0 Å². The lowest BCUT2D eigenvalue weighted by atomic mass is 10.0. The molecule has 1 fully saturated rings. The smallest absolute Gasteiger partial charge is 0.231 e. The molecule has 9 heteroatoms. The third-order valence-corrected chi connectivity index (χ3v) is 8.13. The predicted molar refractivity (Wildman–Crippen MR) is 140 cm³/mol. The average Bonchev–Trinajstić information content (AvgIpc) is 3.56. The molecule has 2 atom stereocenters. The van der Waals surface area contributed by atoms with Gasteiger partial charge in [0, 0.05) is 11.4 Å². The molecule has 0 spiro atoms. The molecule has 0 radical (unpaired) electrons. The van der Waals surface area contributed by atoms with E-state index in [4.69, 9.17) is 21.6 Å². The maximum absolute atomic E-state index is 11.6. The van der Waals surface area contributed by atoms with Gasteiger partial charge in [-0.1, -0.05) is 59.3 Å². The highest BCUT2D eigenvalue weighted by molar-refractivity contribution is 7.98. The number of thiazole rings is 1. The van der Waals surface area contributed by atoms with Crippen molar-refractivity contribution in [3.63, 3.8) is 0 Å². The first-order valence-corrected chi connectivity index (χ1v) is 13.0. The number of fused-ring (bicyclic) bond motifs is 2. The highest BCUT2D eigenvalue weighted by Crippen LogP contribution is 2.35. The molecule has 2 aromatic heterocycles. The number of aromatic amines is 1. The Morgan fingerprint density at radius 1 is 1.06 bits per heavy atom. The Bertz CT molecular complexity index is 1460. The predicted octanol–water partition coefficient (Wildman–Crippen LogP) is 6.43. The van der Waals surface area contributed by atoms with E-state index >= 15 is 0 Å². The Hall–Kier alpha value is -3.07. The van der Waals surface area contributed by atoms with Crippen molar-refractivity contribution in [1.29, 1.82) is 0 Å². The second kappa shape index (κ2) is 8.94. The van der Waals surface area contributed by atoms with E-state index in [-0.39, 0.29) is 17.2 Å². The lowest BCUT2D eigenvalue weighted by Crippen LogP contribution is -2.15. The summed E-state index contributed by atoms with van der Waals surface area (Å²) in [5.74, 6) is 0.922. The Balaban J connectivity index is 1.31. The second-order valence-electron chi connectivity index (χ2n) is 8.25. The number of carbonyl (C=O) groups excluding carboxylic acids is 1. The SMILES string of the molecule is O=C1C[C@@H](c2ccc(C[C@H](Nc3nc4ccccc4s3)c3nc4ccc(Cl)cc4[nH]3)cc2)SN1. The standard InChI is InChI=1S/C25H20ClN5OS2/c26-16-9-10-17-19(12-16)28-24(27-17)20(30-25-29-18-3-1-2-4-21(18)33-25)11-14-5-7-15(8-6-14)22-13-23(32)31-34-22/h1-10,12,20,22H,11,13H2,(H,27,28)(H,29,30)(H,31,32)/t20-,22-/m0/s1. The van der Waals surface area contributed by atoms with Gasteiger partial charge in [-0.2, -0.15) is 0 Å². The first-order chi connectivity index (χ1) is 16.6. The number of H-pyrrole nitrogens is 1. The van der Waals surface area contributed by atoms with Crippen molar-refractivity contribution >= 4 is 67.2 Å². The van der Waals surface area contributed by atoms with Crippen molar-refractivity contribution < 1.29 is 4.79 Å². The molecule has 6 nitrogen and oxygen atoms in total. The number of benzene rings is 3. The van der Waals surface area contributed by atoms with Gasteiger partial charge >= 0.3 is 0 Å². The Labute approximate surface area is 209 Å². The van der Waals surface area contributed by atoms with Crippen LogP contribution in [0.5, 0.6) is 0 Å². The number of amides is 1. The summed E-state index contributed by atoms with van der Waals surface area (Å²) in [4.78, 5) is 24.6. The van der Waals surface area contributed by atoms with E-state index in [1.165, 1.54) is 17.5 Å². The molecule has 3 heterocycles. The fraction of sp³-hybridized carbons (Fsp3) is 0.160. The van der Waals surface area contributed by atoms with Gasteiger partial charge in [0.15, 0.2) is 5.13 Å². The molecule has 1 aliphatic heterocycles. The number of halogens is 1. The van der Waals surface area contributed by atoms with Gasteiger partial charge in [-0.15, -0.1) is 0 Å². The summed E-state index contributed by atoms with van der Waals surface area (Å²) in [6.07, 6.45) is 1.24. The molecule has 0 unspecified atom stereocenters. The van der Waals surface area contributed by atoms with Crippen LogP contribution in [0, 0.1) is 0 Å². The average molecular weight is 506 g/mol. The van der Waals surface area contributed by atoms with Crippen LogP contribution in [0.3, 0.4) is 0 Å². The molecular formula is C25H20ClN5OS2. The van der Waals surface area contributed by atoms with Gasteiger partial charge in [0.25, 0.3) is 0 Å². The van der Waals surface area contributed by atoms with Gasteiger partial charge in [0.1, 0.15) is 5.82 Å². The normalized spacial score (nSPS) is 16.7. The topological polar surface area (TPSA) is 82.7 Å². The molecule has 1 amide bonds. The van der Waals surface area contributed by atoms with E-state index in [1.807, 2.05) is 36.4 Å². The molecule has 3 N–H and O–H groups in total. The summed E-state index contributed by atoms with van der Waals surface area (Å²) in [6.45, 7) is 0. The van der Waals surface area contributed by atoms with E-state index in [0.29, 0.717) is 11.4 Å². The largest absolute Gasteiger partial charge is 0.351 e. The number of carbonyl (C=O) groups is 1. The minimum atomic E-state index is -0.110. The summed E-state index contributed by atoms with van der Waals surface area (Å²) in [5, 5.41) is 5.30. The van der Waals surface area contributed by atoms with Crippen molar-refractivity contribution in [2.24, 2.45) is 0 Å². The second-order valence-corrected chi connectivity index (χ2v) is 10.7. The summed E-state index contributed by atoms with van der Waals surface area (Å²) in [5.41, 5.74) is 5.08. The minimum Gasteiger partial charge on any atom is -0.351 e. The first-order valence-electron chi connectivity index (χ1n) is 10.9. The van der Waals surface area contributed by atoms with Crippen LogP contribution >= 0.6 is 34.9 Å². The number of nitrogens with zero attached hydrogens (tertiary/aromatic N) is 2. The van der Waals surface area contributed by atoms with Gasteiger partial charge < -0.3 is 10.3 Å².